The fourth-order valence-electron chi connectivity index (χ4n) is 2.29. The molecule has 0 heterocycles. The third kappa shape index (κ3) is 3.35. The van der Waals surface area contributed by atoms with E-state index >= 15 is 0 Å². The molecule has 0 fully saturated rings. The highest BCUT2D eigenvalue weighted by molar-refractivity contribution is 6.02. The van der Waals surface area contributed by atoms with Gasteiger partial charge in [0.2, 0.25) is 0 Å². The Labute approximate surface area is 133 Å². The summed E-state index contributed by atoms with van der Waals surface area (Å²) in [5, 5.41) is 17.3. The normalized spacial score (nSPS) is 11.4. The van der Waals surface area contributed by atoms with Crippen LogP contribution >= 0.6 is 0 Å². The summed E-state index contributed by atoms with van der Waals surface area (Å²) in [4.78, 5) is 10.2. The smallest absolute Gasteiger partial charge is 0.269 e. The van der Waals surface area contributed by atoms with Crippen LogP contribution in [0.15, 0.2) is 71.8 Å². The van der Waals surface area contributed by atoms with Crippen LogP contribution in [0.5, 0.6) is 0 Å². The van der Waals surface area contributed by atoms with Crippen molar-refractivity contribution in [3.63, 3.8) is 0 Å². The maximum Gasteiger partial charge on any atom is 0.269 e. The number of hydrogen-bond acceptors (Lipinski definition) is 4. The summed E-state index contributed by atoms with van der Waals surface area (Å²) >= 11 is 0. The summed E-state index contributed by atoms with van der Waals surface area (Å²) in [6, 6.07) is 20.5. The Balaban J connectivity index is 1.79. The topological polar surface area (TPSA) is 67.5 Å². The Morgan fingerprint density at radius 2 is 1.70 bits per heavy atom. The third-order valence-electron chi connectivity index (χ3n) is 3.60. The number of non-ortho nitro benzene ring substituents is 1. The van der Waals surface area contributed by atoms with Gasteiger partial charge in [-0.3, -0.25) is 15.5 Å². The van der Waals surface area contributed by atoms with Crippen LogP contribution in [-0.2, 0) is 0 Å². The van der Waals surface area contributed by atoms with Gasteiger partial charge in [-0.1, -0.05) is 36.4 Å². The predicted molar refractivity (Wildman–Crippen MR) is 92.9 cm³/mol. The summed E-state index contributed by atoms with van der Waals surface area (Å²) in [6.07, 6.45) is 0. The molecule has 0 aliphatic rings. The Hall–Kier alpha value is -3.21. The van der Waals surface area contributed by atoms with Gasteiger partial charge in [-0.25, -0.2) is 0 Å². The molecule has 3 aromatic rings. The first-order chi connectivity index (χ1) is 11.1. The van der Waals surface area contributed by atoms with Crippen molar-refractivity contribution in [2.75, 3.05) is 5.43 Å². The minimum absolute atomic E-state index is 0.0609. The van der Waals surface area contributed by atoms with E-state index in [1.165, 1.54) is 17.5 Å². The molecule has 23 heavy (non-hydrogen) atoms. The molecule has 0 unspecified atom stereocenters. The highest BCUT2D eigenvalue weighted by Gasteiger charge is 2.04. The Morgan fingerprint density at radius 3 is 2.39 bits per heavy atom. The van der Waals surface area contributed by atoms with E-state index in [9.17, 15) is 10.1 Å². The van der Waals surface area contributed by atoms with Gasteiger partial charge in [0.1, 0.15) is 0 Å². The molecule has 0 bridgehead atoms. The van der Waals surface area contributed by atoms with Crippen molar-refractivity contribution in [3.05, 3.63) is 82.4 Å². The first-order valence-corrected chi connectivity index (χ1v) is 7.17. The minimum atomic E-state index is -0.423. The lowest BCUT2D eigenvalue weighted by atomic mass is 10.0. The molecule has 0 saturated carbocycles. The van der Waals surface area contributed by atoms with Crippen LogP contribution in [0.1, 0.15) is 12.5 Å². The molecule has 0 aliphatic carbocycles. The zero-order valence-corrected chi connectivity index (χ0v) is 12.6. The largest absolute Gasteiger partial charge is 0.278 e. The number of nitro benzene ring substituents is 1. The molecule has 0 aliphatic heterocycles. The summed E-state index contributed by atoms with van der Waals surface area (Å²) in [6.45, 7) is 1.92. The van der Waals surface area contributed by atoms with Crippen LogP contribution in [0.3, 0.4) is 0 Å². The van der Waals surface area contributed by atoms with Gasteiger partial charge in [0.05, 0.1) is 16.3 Å². The fourth-order valence-corrected chi connectivity index (χ4v) is 2.29. The Morgan fingerprint density at radius 1 is 1.00 bits per heavy atom. The zero-order valence-electron chi connectivity index (χ0n) is 12.6. The molecule has 3 aromatic carbocycles. The predicted octanol–water partition coefficient (Wildman–Crippen LogP) is 4.58. The Bertz CT molecular complexity index is 886. The Kier molecular flexibility index (Phi) is 4.01. The number of fused-ring (bicyclic) bond motifs is 1. The van der Waals surface area contributed by atoms with Crippen LogP contribution < -0.4 is 5.43 Å². The number of hydrogen-bond donors (Lipinski definition) is 1. The van der Waals surface area contributed by atoms with Crippen LogP contribution in [0.25, 0.3) is 10.8 Å². The highest BCUT2D eigenvalue weighted by Crippen LogP contribution is 2.18. The quantitative estimate of drug-likeness (QED) is 0.435. The monoisotopic (exact) mass is 305 g/mol. The summed E-state index contributed by atoms with van der Waals surface area (Å²) < 4.78 is 0. The van der Waals surface area contributed by atoms with Gasteiger partial charge in [0.15, 0.2) is 0 Å². The lowest BCUT2D eigenvalue weighted by Gasteiger charge is -2.05. The first-order valence-electron chi connectivity index (χ1n) is 7.17. The molecule has 0 spiro atoms. The molecule has 114 valence electrons. The molecule has 3 rings (SSSR count). The molecular weight excluding hydrogens is 290 g/mol. The number of anilines is 1. The summed E-state index contributed by atoms with van der Waals surface area (Å²) in [5.74, 6) is 0. The summed E-state index contributed by atoms with van der Waals surface area (Å²) in [5.41, 5.74) is 5.56. The summed E-state index contributed by atoms with van der Waals surface area (Å²) in [7, 11) is 0. The number of benzene rings is 3. The van der Waals surface area contributed by atoms with Gasteiger partial charge in [-0.05, 0) is 41.5 Å². The maximum absolute atomic E-state index is 10.6. The number of nitrogens with zero attached hydrogens (tertiary/aromatic N) is 2. The first kappa shape index (κ1) is 14.7. The van der Waals surface area contributed by atoms with E-state index in [-0.39, 0.29) is 5.69 Å². The molecule has 0 aromatic heterocycles. The average Bonchev–Trinajstić information content (AvgIpc) is 2.59. The standard InChI is InChI=1S/C18H15N3O2/c1-13(15-7-6-14-4-2-3-5-16(14)12-15)19-20-17-8-10-18(11-9-17)21(22)23/h2-12,20H,1H3. The van der Waals surface area contributed by atoms with Crippen molar-refractivity contribution in [2.45, 2.75) is 6.92 Å². The zero-order chi connectivity index (χ0) is 16.2. The van der Waals surface area contributed by atoms with E-state index in [2.05, 4.69) is 34.8 Å². The number of nitro groups is 1. The number of nitrogens with one attached hydrogen (secondary N) is 1. The van der Waals surface area contributed by atoms with E-state index in [0.29, 0.717) is 5.69 Å². The van der Waals surface area contributed by atoms with E-state index in [0.717, 1.165) is 16.7 Å². The molecule has 5 heteroatoms. The molecular formula is C18H15N3O2. The van der Waals surface area contributed by atoms with Crippen LogP contribution in [0, 0.1) is 10.1 Å². The van der Waals surface area contributed by atoms with E-state index in [4.69, 9.17) is 0 Å². The molecule has 0 radical (unpaired) electrons. The number of rotatable bonds is 4. The molecule has 0 amide bonds. The maximum atomic E-state index is 10.6. The lowest BCUT2D eigenvalue weighted by Crippen LogP contribution is -1.99. The minimum Gasteiger partial charge on any atom is -0.278 e. The number of hydrazone groups is 1. The van der Waals surface area contributed by atoms with Gasteiger partial charge < -0.3 is 0 Å². The molecule has 5 nitrogen and oxygen atoms in total. The van der Waals surface area contributed by atoms with Crippen molar-refractivity contribution in [3.8, 4) is 0 Å². The van der Waals surface area contributed by atoms with Gasteiger partial charge in [0.25, 0.3) is 5.69 Å². The molecule has 0 saturated heterocycles. The van der Waals surface area contributed by atoms with Gasteiger partial charge in [0, 0.05) is 12.1 Å². The second-order valence-corrected chi connectivity index (χ2v) is 5.17. The van der Waals surface area contributed by atoms with Gasteiger partial charge >= 0.3 is 0 Å². The van der Waals surface area contributed by atoms with Gasteiger partial charge in [-0.2, -0.15) is 5.10 Å². The third-order valence-corrected chi connectivity index (χ3v) is 3.60. The lowest BCUT2D eigenvalue weighted by molar-refractivity contribution is -0.384. The molecule has 1 N–H and O–H groups in total. The van der Waals surface area contributed by atoms with Crippen molar-refractivity contribution < 1.29 is 4.92 Å². The van der Waals surface area contributed by atoms with Crippen LogP contribution in [-0.4, -0.2) is 10.6 Å². The van der Waals surface area contributed by atoms with E-state index < -0.39 is 4.92 Å². The van der Waals surface area contributed by atoms with Crippen molar-refractivity contribution in [1.29, 1.82) is 0 Å². The highest BCUT2D eigenvalue weighted by atomic mass is 16.6. The van der Waals surface area contributed by atoms with E-state index in [1.54, 1.807) is 12.1 Å². The van der Waals surface area contributed by atoms with Gasteiger partial charge in [-0.15, -0.1) is 0 Å². The SMILES string of the molecule is CC(=NNc1ccc([N+](=O)[O-])cc1)c1ccc2ccccc2c1. The van der Waals surface area contributed by atoms with Crippen molar-refractivity contribution in [2.24, 2.45) is 5.10 Å². The second-order valence-electron chi connectivity index (χ2n) is 5.17. The van der Waals surface area contributed by atoms with Crippen molar-refractivity contribution in [1.82, 2.24) is 0 Å². The second kappa shape index (κ2) is 6.27. The fraction of sp³-hybridized carbons (Fsp3) is 0.0556. The van der Waals surface area contributed by atoms with E-state index in [1.807, 2.05) is 25.1 Å². The molecule has 0 atom stereocenters. The van der Waals surface area contributed by atoms with Crippen LogP contribution in [0.2, 0.25) is 0 Å². The van der Waals surface area contributed by atoms with Crippen molar-refractivity contribution >= 4 is 27.9 Å². The van der Waals surface area contributed by atoms with Crippen LogP contribution in [0.4, 0.5) is 11.4 Å². The average molecular weight is 305 g/mol.